The van der Waals surface area contributed by atoms with Gasteiger partial charge in [-0.3, -0.25) is 0 Å². The third-order valence-corrected chi connectivity index (χ3v) is 2.62. The minimum atomic E-state index is -0.767. The summed E-state index contributed by atoms with van der Waals surface area (Å²) in [5.74, 6) is 0.625. The zero-order valence-electron chi connectivity index (χ0n) is 9.17. The second-order valence-electron chi connectivity index (χ2n) is 3.60. The SMILES string of the molecule is CCn1ccnc1C(O)c1ccccc1N. The molecule has 0 saturated heterocycles. The molecule has 1 unspecified atom stereocenters. The number of hydrogen-bond acceptors (Lipinski definition) is 3. The molecule has 2 rings (SSSR count). The monoisotopic (exact) mass is 217 g/mol. The molecule has 0 radical (unpaired) electrons. The number of nitrogens with zero attached hydrogens (tertiary/aromatic N) is 2. The lowest BCUT2D eigenvalue weighted by molar-refractivity contribution is 0.205. The van der Waals surface area contributed by atoms with E-state index in [4.69, 9.17) is 5.73 Å². The maximum Gasteiger partial charge on any atom is 0.142 e. The van der Waals surface area contributed by atoms with E-state index in [0.29, 0.717) is 17.1 Å². The van der Waals surface area contributed by atoms with Gasteiger partial charge in [0.15, 0.2) is 0 Å². The molecule has 3 N–H and O–H groups in total. The van der Waals surface area contributed by atoms with E-state index in [-0.39, 0.29) is 0 Å². The van der Waals surface area contributed by atoms with Crippen LogP contribution in [0, 0.1) is 0 Å². The molecule has 0 saturated carbocycles. The first kappa shape index (κ1) is 10.7. The summed E-state index contributed by atoms with van der Waals surface area (Å²) in [6.45, 7) is 2.78. The Bertz CT molecular complexity index is 479. The van der Waals surface area contributed by atoms with E-state index in [1.54, 1.807) is 12.3 Å². The summed E-state index contributed by atoms with van der Waals surface area (Å²) in [5.41, 5.74) is 7.10. The molecule has 0 spiro atoms. The molecule has 4 heteroatoms. The number of anilines is 1. The van der Waals surface area contributed by atoms with Crippen molar-refractivity contribution in [2.45, 2.75) is 19.6 Å². The molecule has 0 aliphatic heterocycles. The van der Waals surface area contributed by atoms with E-state index in [0.717, 1.165) is 6.54 Å². The van der Waals surface area contributed by atoms with Crippen LogP contribution in [0.5, 0.6) is 0 Å². The summed E-state index contributed by atoms with van der Waals surface area (Å²) in [5, 5.41) is 10.2. The first-order valence-corrected chi connectivity index (χ1v) is 5.27. The Kier molecular flexibility index (Phi) is 2.92. The lowest BCUT2D eigenvalue weighted by Crippen LogP contribution is -2.10. The predicted molar refractivity (Wildman–Crippen MR) is 62.8 cm³/mol. The van der Waals surface area contributed by atoms with Crippen LogP contribution in [0.3, 0.4) is 0 Å². The molecule has 0 aliphatic carbocycles. The Hall–Kier alpha value is -1.81. The molecule has 0 aliphatic rings. The maximum absolute atomic E-state index is 10.2. The van der Waals surface area contributed by atoms with Crippen molar-refractivity contribution in [2.24, 2.45) is 0 Å². The topological polar surface area (TPSA) is 64.1 Å². The molecule has 1 heterocycles. The van der Waals surface area contributed by atoms with Crippen molar-refractivity contribution in [3.63, 3.8) is 0 Å². The van der Waals surface area contributed by atoms with Gasteiger partial charge in [-0.05, 0) is 13.0 Å². The van der Waals surface area contributed by atoms with E-state index in [1.807, 2.05) is 35.9 Å². The number of aliphatic hydroxyl groups is 1. The number of benzene rings is 1. The minimum absolute atomic E-state index is 0.584. The van der Waals surface area contributed by atoms with Crippen molar-refractivity contribution >= 4 is 5.69 Å². The van der Waals surface area contributed by atoms with Gasteiger partial charge in [0.2, 0.25) is 0 Å². The number of para-hydroxylation sites is 1. The molecule has 84 valence electrons. The van der Waals surface area contributed by atoms with E-state index in [9.17, 15) is 5.11 Å². The highest BCUT2D eigenvalue weighted by atomic mass is 16.3. The molecule has 1 aromatic heterocycles. The van der Waals surface area contributed by atoms with Crippen LogP contribution in [0.1, 0.15) is 24.4 Å². The Balaban J connectivity index is 2.39. The van der Waals surface area contributed by atoms with Gasteiger partial charge in [0, 0.05) is 30.2 Å². The van der Waals surface area contributed by atoms with Crippen LogP contribution in [0.25, 0.3) is 0 Å². The normalized spacial score (nSPS) is 12.6. The van der Waals surface area contributed by atoms with Gasteiger partial charge in [-0.1, -0.05) is 18.2 Å². The standard InChI is InChI=1S/C12H15N3O/c1-2-15-8-7-14-12(15)11(16)9-5-3-4-6-10(9)13/h3-8,11,16H,2,13H2,1H3. The van der Waals surface area contributed by atoms with Crippen LogP contribution in [-0.4, -0.2) is 14.7 Å². The lowest BCUT2D eigenvalue weighted by atomic mass is 10.1. The zero-order valence-corrected chi connectivity index (χ0v) is 9.17. The van der Waals surface area contributed by atoms with Crippen LogP contribution >= 0.6 is 0 Å². The van der Waals surface area contributed by atoms with Crippen molar-refractivity contribution in [3.8, 4) is 0 Å². The van der Waals surface area contributed by atoms with Gasteiger partial charge in [-0.2, -0.15) is 0 Å². The third-order valence-electron chi connectivity index (χ3n) is 2.62. The van der Waals surface area contributed by atoms with Crippen LogP contribution in [-0.2, 0) is 6.54 Å². The molecule has 0 amide bonds. The maximum atomic E-state index is 10.2. The number of nitrogen functional groups attached to an aromatic ring is 1. The molecule has 16 heavy (non-hydrogen) atoms. The summed E-state index contributed by atoms with van der Waals surface area (Å²) >= 11 is 0. The van der Waals surface area contributed by atoms with Gasteiger partial charge in [-0.25, -0.2) is 4.98 Å². The van der Waals surface area contributed by atoms with Gasteiger partial charge in [0.25, 0.3) is 0 Å². The number of aryl methyl sites for hydroxylation is 1. The predicted octanol–water partition coefficient (Wildman–Crippen LogP) is 1.57. The highest BCUT2D eigenvalue weighted by Crippen LogP contribution is 2.25. The first-order valence-electron chi connectivity index (χ1n) is 5.27. The summed E-state index contributed by atoms with van der Waals surface area (Å²) in [7, 11) is 0. The highest BCUT2D eigenvalue weighted by molar-refractivity contribution is 5.49. The Morgan fingerprint density at radius 1 is 1.44 bits per heavy atom. The average molecular weight is 217 g/mol. The van der Waals surface area contributed by atoms with Crippen LogP contribution < -0.4 is 5.73 Å². The zero-order chi connectivity index (χ0) is 11.5. The van der Waals surface area contributed by atoms with Crippen molar-refractivity contribution in [1.29, 1.82) is 0 Å². The molecule has 4 nitrogen and oxygen atoms in total. The number of hydrogen-bond donors (Lipinski definition) is 2. The number of aliphatic hydroxyl groups excluding tert-OH is 1. The van der Waals surface area contributed by atoms with Gasteiger partial charge < -0.3 is 15.4 Å². The second kappa shape index (κ2) is 4.37. The van der Waals surface area contributed by atoms with E-state index in [1.165, 1.54) is 0 Å². The molecule has 1 atom stereocenters. The van der Waals surface area contributed by atoms with E-state index < -0.39 is 6.10 Å². The molecule has 0 bridgehead atoms. The van der Waals surface area contributed by atoms with Gasteiger partial charge in [0.1, 0.15) is 11.9 Å². The average Bonchev–Trinajstić information content (AvgIpc) is 2.77. The van der Waals surface area contributed by atoms with Crippen molar-refractivity contribution in [1.82, 2.24) is 9.55 Å². The lowest BCUT2D eigenvalue weighted by Gasteiger charge is -2.14. The van der Waals surface area contributed by atoms with Crippen molar-refractivity contribution in [2.75, 3.05) is 5.73 Å². The first-order chi connectivity index (χ1) is 7.74. The Labute approximate surface area is 94.4 Å². The van der Waals surface area contributed by atoms with Crippen molar-refractivity contribution < 1.29 is 5.11 Å². The van der Waals surface area contributed by atoms with Gasteiger partial charge in [0.05, 0.1) is 0 Å². The summed E-state index contributed by atoms with van der Waals surface area (Å²) in [6, 6.07) is 7.29. The largest absolute Gasteiger partial charge is 0.398 e. The fourth-order valence-electron chi connectivity index (χ4n) is 1.73. The molecular formula is C12H15N3O. The number of aromatic nitrogens is 2. The fraction of sp³-hybridized carbons (Fsp3) is 0.250. The number of imidazole rings is 1. The number of nitrogens with two attached hydrogens (primary N) is 1. The quantitative estimate of drug-likeness (QED) is 0.767. The Morgan fingerprint density at radius 3 is 2.88 bits per heavy atom. The van der Waals surface area contributed by atoms with Gasteiger partial charge in [-0.15, -0.1) is 0 Å². The van der Waals surface area contributed by atoms with Crippen LogP contribution in [0.15, 0.2) is 36.7 Å². The van der Waals surface area contributed by atoms with Crippen LogP contribution in [0.2, 0.25) is 0 Å². The van der Waals surface area contributed by atoms with Crippen molar-refractivity contribution in [3.05, 3.63) is 48.0 Å². The molecular weight excluding hydrogens is 202 g/mol. The summed E-state index contributed by atoms with van der Waals surface area (Å²) in [6.07, 6.45) is 2.76. The van der Waals surface area contributed by atoms with Gasteiger partial charge >= 0.3 is 0 Å². The Morgan fingerprint density at radius 2 is 2.19 bits per heavy atom. The minimum Gasteiger partial charge on any atom is -0.398 e. The molecule has 0 fully saturated rings. The fourth-order valence-corrected chi connectivity index (χ4v) is 1.73. The van der Waals surface area contributed by atoms with Crippen LogP contribution in [0.4, 0.5) is 5.69 Å². The van der Waals surface area contributed by atoms with E-state index >= 15 is 0 Å². The number of rotatable bonds is 3. The van der Waals surface area contributed by atoms with E-state index in [2.05, 4.69) is 4.98 Å². The third kappa shape index (κ3) is 1.79. The highest BCUT2D eigenvalue weighted by Gasteiger charge is 2.17. The second-order valence-corrected chi connectivity index (χ2v) is 3.60. The molecule has 1 aromatic carbocycles. The molecule has 2 aromatic rings. The summed E-state index contributed by atoms with van der Waals surface area (Å²) in [4.78, 5) is 4.16. The summed E-state index contributed by atoms with van der Waals surface area (Å²) < 4.78 is 1.90. The smallest absolute Gasteiger partial charge is 0.142 e.